The van der Waals surface area contributed by atoms with Crippen molar-refractivity contribution >= 4 is 5.97 Å². The molecule has 0 aromatic carbocycles. The fourth-order valence-electron chi connectivity index (χ4n) is 1.10. The van der Waals surface area contributed by atoms with Crippen molar-refractivity contribution in [3.63, 3.8) is 0 Å². The Morgan fingerprint density at radius 2 is 2.45 bits per heavy atom. The van der Waals surface area contributed by atoms with E-state index in [0.717, 1.165) is 6.42 Å². The van der Waals surface area contributed by atoms with Crippen molar-refractivity contribution in [2.24, 2.45) is 0 Å². The molecule has 0 amide bonds. The number of ether oxygens (including phenoxy) is 1. The van der Waals surface area contributed by atoms with E-state index in [-0.39, 0.29) is 5.97 Å². The lowest BCUT2D eigenvalue weighted by atomic mass is 10.0. The van der Waals surface area contributed by atoms with Gasteiger partial charge in [-0.3, -0.25) is 4.79 Å². The summed E-state index contributed by atoms with van der Waals surface area (Å²) in [5.41, 5.74) is 0. The van der Waals surface area contributed by atoms with Gasteiger partial charge in [0.25, 0.3) is 0 Å². The second kappa shape index (κ2) is 3.53. The molecule has 1 aliphatic carbocycles. The van der Waals surface area contributed by atoms with Gasteiger partial charge < -0.3 is 9.84 Å². The standard InChI is InChI=1S/C8H12O3/c1-6(9)11-8-5-3-2-4-7(8)10/h3,5,7-8,10H,2,4H2,1H3. The quantitative estimate of drug-likeness (QED) is 0.447. The molecule has 0 bridgehead atoms. The van der Waals surface area contributed by atoms with Crippen molar-refractivity contribution in [3.8, 4) is 0 Å². The van der Waals surface area contributed by atoms with E-state index in [1.165, 1.54) is 6.92 Å². The van der Waals surface area contributed by atoms with Crippen LogP contribution in [0.25, 0.3) is 0 Å². The average Bonchev–Trinajstić information content (AvgIpc) is 1.93. The number of hydrogen-bond donors (Lipinski definition) is 1. The van der Waals surface area contributed by atoms with E-state index in [9.17, 15) is 9.90 Å². The summed E-state index contributed by atoms with van der Waals surface area (Å²) in [7, 11) is 0. The minimum Gasteiger partial charge on any atom is -0.456 e. The number of rotatable bonds is 1. The maximum absolute atomic E-state index is 10.5. The van der Waals surface area contributed by atoms with Gasteiger partial charge in [-0.2, -0.15) is 0 Å². The largest absolute Gasteiger partial charge is 0.456 e. The van der Waals surface area contributed by atoms with Crippen LogP contribution < -0.4 is 0 Å². The van der Waals surface area contributed by atoms with Crippen LogP contribution in [-0.4, -0.2) is 23.3 Å². The summed E-state index contributed by atoms with van der Waals surface area (Å²) in [4.78, 5) is 10.5. The molecule has 0 fully saturated rings. The molecule has 3 heteroatoms. The van der Waals surface area contributed by atoms with Crippen LogP contribution in [0.3, 0.4) is 0 Å². The molecule has 1 N–H and O–H groups in total. The normalized spacial score (nSPS) is 30.0. The van der Waals surface area contributed by atoms with Gasteiger partial charge in [-0.25, -0.2) is 0 Å². The molecule has 11 heavy (non-hydrogen) atoms. The van der Waals surface area contributed by atoms with Gasteiger partial charge in [0.2, 0.25) is 0 Å². The summed E-state index contributed by atoms with van der Waals surface area (Å²) in [5, 5.41) is 9.29. The molecule has 0 aliphatic heterocycles. The Labute approximate surface area is 65.7 Å². The van der Waals surface area contributed by atoms with Crippen molar-refractivity contribution in [2.45, 2.75) is 32.0 Å². The van der Waals surface area contributed by atoms with Gasteiger partial charge in [0.05, 0.1) is 6.10 Å². The molecule has 0 radical (unpaired) electrons. The van der Waals surface area contributed by atoms with Crippen LogP contribution in [0.1, 0.15) is 19.8 Å². The van der Waals surface area contributed by atoms with Gasteiger partial charge >= 0.3 is 5.97 Å². The molecule has 0 spiro atoms. The first-order valence-electron chi connectivity index (χ1n) is 3.72. The Bertz CT molecular complexity index is 174. The Kier molecular flexibility index (Phi) is 2.65. The Morgan fingerprint density at radius 1 is 1.73 bits per heavy atom. The molecule has 1 aliphatic rings. The molecule has 0 heterocycles. The first kappa shape index (κ1) is 8.27. The van der Waals surface area contributed by atoms with Gasteiger partial charge in [-0.05, 0) is 18.9 Å². The topological polar surface area (TPSA) is 46.5 Å². The summed E-state index contributed by atoms with van der Waals surface area (Å²) in [6, 6.07) is 0. The van der Waals surface area contributed by atoms with Crippen LogP contribution >= 0.6 is 0 Å². The number of carbonyl (C=O) groups excluding carboxylic acids is 1. The van der Waals surface area contributed by atoms with E-state index in [4.69, 9.17) is 4.74 Å². The highest BCUT2D eigenvalue weighted by Crippen LogP contribution is 2.14. The number of esters is 1. The Balaban J connectivity index is 2.48. The zero-order valence-corrected chi connectivity index (χ0v) is 6.49. The van der Waals surface area contributed by atoms with Crippen molar-refractivity contribution in [3.05, 3.63) is 12.2 Å². The molecule has 0 saturated carbocycles. The SMILES string of the molecule is CC(=O)OC1C=CCCC1O. The monoisotopic (exact) mass is 156 g/mol. The highest BCUT2D eigenvalue weighted by Gasteiger charge is 2.20. The highest BCUT2D eigenvalue weighted by atomic mass is 16.6. The van der Waals surface area contributed by atoms with Gasteiger partial charge in [-0.1, -0.05) is 6.08 Å². The second-order valence-electron chi connectivity index (χ2n) is 2.65. The minimum absolute atomic E-state index is 0.347. The molecule has 0 aromatic heterocycles. The molecular weight excluding hydrogens is 144 g/mol. The molecule has 3 nitrogen and oxygen atoms in total. The van der Waals surface area contributed by atoms with Crippen molar-refractivity contribution in [1.82, 2.24) is 0 Å². The molecule has 1 rings (SSSR count). The molecule has 0 saturated heterocycles. The predicted octanol–water partition coefficient (Wildman–Crippen LogP) is 0.629. The third-order valence-corrected chi connectivity index (χ3v) is 1.64. The smallest absolute Gasteiger partial charge is 0.303 e. The number of allylic oxidation sites excluding steroid dienone is 1. The minimum atomic E-state index is -0.524. The van der Waals surface area contributed by atoms with E-state index >= 15 is 0 Å². The van der Waals surface area contributed by atoms with Gasteiger partial charge in [-0.15, -0.1) is 0 Å². The summed E-state index contributed by atoms with van der Waals surface area (Å²) >= 11 is 0. The maximum Gasteiger partial charge on any atom is 0.303 e. The highest BCUT2D eigenvalue weighted by molar-refractivity contribution is 5.66. The summed E-state index contributed by atoms with van der Waals surface area (Å²) < 4.78 is 4.83. The number of aliphatic hydroxyl groups is 1. The lowest BCUT2D eigenvalue weighted by Crippen LogP contribution is -2.30. The van der Waals surface area contributed by atoms with E-state index < -0.39 is 12.2 Å². The summed E-state index contributed by atoms with van der Waals surface area (Å²) in [5.74, 6) is -0.347. The van der Waals surface area contributed by atoms with Crippen molar-refractivity contribution in [1.29, 1.82) is 0 Å². The Hall–Kier alpha value is -0.830. The van der Waals surface area contributed by atoms with Crippen LogP contribution in [0.15, 0.2) is 12.2 Å². The number of hydrogen-bond acceptors (Lipinski definition) is 3. The van der Waals surface area contributed by atoms with Crippen LogP contribution in [0, 0.1) is 0 Å². The molecule has 0 aromatic rings. The number of carbonyl (C=O) groups is 1. The van der Waals surface area contributed by atoms with Gasteiger partial charge in [0, 0.05) is 6.92 Å². The maximum atomic E-state index is 10.5. The van der Waals surface area contributed by atoms with Crippen LogP contribution in [-0.2, 0) is 9.53 Å². The van der Waals surface area contributed by atoms with E-state index in [0.29, 0.717) is 6.42 Å². The second-order valence-corrected chi connectivity index (χ2v) is 2.65. The average molecular weight is 156 g/mol. The van der Waals surface area contributed by atoms with E-state index in [1.807, 2.05) is 6.08 Å². The molecule has 2 atom stereocenters. The predicted molar refractivity (Wildman–Crippen MR) is 39.9 cm³/mol. The first-order valence-corrected chi connectivity index (χ1v) is 3.72. The van der Waals surface area contributed by atoms with E-state index in [1.54, 1.807) is 6.08 Å². The van der Waals surface area contributed by atoms with Crippen molar-refractivity contribution in [2.75, 3.05) is 0 Å². The molecule has 62 valence electrons. The summed E-state index contributed by atoms with van der Waals surface area (Å²) in [6.07, 6.45) is 4.23. The third kappa shape index (κ3) is 2.35. The fourth-order valence-corrected chi connectivity index (χ4v) is 1.10. The van der Waals surface area contributed by atoms with Crippen LogP contribution in [0.2, 0.25) is 0 Å². The zero-order valence-electron chi connectivity index (χ0n) is 6.49. The summed E-state index contributed by atoms with van der Waals surface area (Å²) in [6.45, 7) is 1.34. The number of aliphatic hydroxyl groups excluding tert-OH is 1. The van der Waals surface area contributed by atoms with Gasteiger partial charge in [0.1, 0.15) is 6.10 Å². The lowest BCUT2D eigenvalue weighted by molar-refractivity contribution is -0.149. The van der Waals surface area contributed by atoms with Crippen LogP contribution in [0.4, 0.5) is 0 Å². The third-order valence-electron chi connectivity index (χ3n) is 1.64. The molecular formula is C8H12O3. The zero-order chi connectivity index (χ0) is 8.27. The van der Waals surface area contributed by atoms with E-state index in [2.05, 4.69) is 0 Å². The molecule has 2 unspecified atom stereocenters. The van der Waals surface area contributed by atoms with Crippen LogP contribution in [0.5, 0.6) is 0 Å². The van der Waals surface area contributed by atoms with Gasteiger partial charge in [0.15, 0.2) is 0 Å². The fraction of sp³-hybridized carbons (Fsp3) is 0.625. The van der Waals surface area contributed by atoms with Crippen molar-refractivity contribution < 1.29 is 14.6 Å². The Morgan fingerprint density at radius 3 is 3.00 bits per heavy atom. The first-order chi connectivity index (χ1) is 5.20. The lowest BCUT2D eigenvalue weighted by Gasteiger charge is -2.22.